The highest BCUT2D eigenvalue weighted by Crippen LogP contribution is 2.25. The summed E-state index contributed by atoms with van der Waals surface area (Å²) in [4.78, 5) is 29.0. The Morgan fingerprint density at radius 3 is 2.88 bits per heavy atom. The van der Waals surface area contributed by atoms with Gasteiger partial charge in [0.1, 0.15) is 0 Å². The average molecular weight is 445 g/mol. The lowest BCUT2D eigenvalue weighted by atomic mass is 9.97. The lowest BCUT2D eigenvalue weighted by Crippen LogP contribution is -2.46. The third-order valence-corrected chi connectivity index (χ3v) is 5.41. The van der Waals surface area contributed by atoms with Crippen molar-refractivity contribution >= 4 is 44.2 Å². The first-order chi connectivity index (χ1) is 12.5. The molecule has 1 aliphatic rings. The number of carbonyl (C=O) groups excluding carboxylic acids is 1. The highest BCUT2D eigenvalue weighted by atomic mass is 79.9. The summed E-state index contributed by atoms with van der Waals surface area (Å²) in [5.41, 5.74) is 0.212. The molecule has 0 saturated carbocycles. The Hall–Kier alpha value is -1.28. The van der Waals surface area contributed by atoms with E-state index in [1.165, 1.54) is 10.9 Å². The molecule has 0 bridgehead atoms. The Morgan fingerprint density at radius 1 is 1.46 bits per heavy atom. The van der Waals surface area contributed by atoms with Crippen molar-refractivity contribution in [3.63, 3.8) is 0 Å². The first-order valence-corrected chi connectivity index (χ1v) is 9.90. The fourth-order valence-electron chi connectivity index (χ4n) is 2.91. The highest BCUT2D eigenvalue weighted by Gasteiger charge is 2.25. The number of hydrogen-bond donors (Lipinski definition) is 2. The molecule has 8 heteroatoms. The summed E-state index contributed by atoms with van der Waals surface area (Å²) < 4.78 is 1.94. The second-order valence-corrected chi connectivity index (χ2v) is 7.24. The van der Waals surface area contributed by atoms with E-state index >= 15 is 0 Å². The Labute approximate surface area is 165 Å². The van der Waals surface area contributed by atoms with Crippen molar-refractivity contribution in [2.75, 3.05) is 6.54 Å². The molecular formula is C18H23BrClN3O3. The molecule has 2 atom stereocenters. The van der Waals surface area contributed by atoms with Gasteiger partial charge in [-0.2, -0.15) is 0 Å². The number of aromatic nitrogens is 2. The fourth-order valence-corrected chi connectivity index (χ4v) is 3.40. The minimum Gasteiger partial charge on any atom is -0.391 e. The molecule has 26 heavy (non-hydrogen) atoms. The Kier molecular flexibility index (Phi) is 7.76. The van der Waals surface area contributed by atoms with E-state index in [9.17, 15) is 14.7 Å². The number of ketones is 1. The fraction of sp³-hybridized carbons (Fsp3) is 0.500. The van der Waals surface area contributed by atoms with Crippen LogP contribution in [0.15, 0.2) is 27.7 Å². The van der Waals surface area contributed by atoms with Gasteiger partial charge in [0.2, 0.25) is 0 Å². The number of piperidine rings is 1. The zero-order chi connectivity index (χ0) is 19.3. The molecule has 1 aromatic carbocycles. The molecule has 2 N–H and O–H groups in total. The number of aliphatic hydroxyl groups is 1. The van der Waals surface area contributed by atoms with Crippen molar-refractivity contribution < 1.29 is 9.90 Å². The zero-order valence-electron chi connectivity index (χ0n) is 14.8. The van der Waals surface area contributed by atoms with Gasteiger partial charge in [0.15, 0.2) is 5.78 Å². The first kappa shape index (κ1) is 21.0. The smallest absolute Gasteiger partial charge is 0.261 e. The molecule has 0 radical (unpaired) electrons. The third-order valence-electron chi connectivity index (χ3n) is 4.21. The molecule has 1 aromatic heterocycles. The van der Waals surface area contributed by atoms with Gasteiger partial charge in [-0.25, -0.2) is 4.98 Å². The number of Topliss-reactive ketones (excluding diaryl/α,β-unsaturated/α-hetero) is 1. The number of nitrogens with one attached hydrogen (secondary N) is 1. The average Bonchev–Trinajstić information content (AvgIpc) is 2.63. The molecule has 2 unspecified atom stereocenters. The molecule has 0 aliphatic carbocycles. The number of nitrogens with zero attached hydrogens (tertiary/aromatic N) is 2. The van der Waals surface area contributed by atoms with E-state index in [4.69, 9.17) is 11.6 Å². The van der Waals surface area contributed by atoms with Crippen LogP contribution in [-0.4, -0.2) is 39.1 Å². The molecule has 0 amide bonds. The van der Waals surface area contributed by atoms with Crippen molar-refractivity contribution in [2.24, 2.45) is 0 Å². The quantitative estimate of drug-likeness (QED) is 0.757. The van der Waals surface area contributed by atoms with Crippen molar-refractivity contribution in [1.29, 1.82) is 0 Å². The van der Waals surface area contributed by atoms with Crippen molar-refractivity contribution in [3.05, 3.63) is 38.3 Å². The molecule has 142 valence electrons. The van der Waals surface area contributed by atoms with Crippen LogP contribution in [0.5, 0.6) is 0 Å². The summed E-state index contributed by atoms with van der Waals surface area (Å²) in [6, 6.07) is 2.97. The monoisotopic (exact) mass is 443 g/mol. The predicted molar refractivity (Wildman–Crippen MR) is 107 cm³/mol. The van der Waals surface area contributed by atoms with Gasteiger partial charge in [-0.05, 0) is 47.4 Å². The van der Waals surface area contributed by atoms with E-state index in [0.717, 1.165) is 13.0 Å². The molecule has 3 rings (SSSR count). The van der Waals surface area contributed by atoms with E-state index < -0.39 is 6.10 Å². The Bertz CT molecular complexity index is 840. The number of rotatable bonds is 4. The summed E-state index contributed by atoms with van der Waals surface area (Å²) in [6.07, 6.45) is 2.62. The molecule has 1 aliphatic heterocycles. The second-order valence-electron chi connectivity index (χ2n) is 5.97. The van der Waals surface area contributed by atoms with Gasteiger partial charge in [0, 0.05) is 16.9 Å². The van der Waals surface area contributed by atoms with Gasteiger partial charge >= 0.3 is 0 Å². The first-order valence-electron chi connectivity index (χ1n) is 8.73. The van der Waals surface area contributed by atoms with E-state index in [-0.39, 0.29) is 30.3 Å². The summed E-state index contributed by atoms with van der Waals surface area (Å²) in [5.74, 6) is -0.125. The van der Waals surface area contributed by atoms with Crippen LogP contribution in [0, 0.1) is 0 Å². The zero-order valence-corrected chi connectivity index (χ0v) is 17.2. The summed E-state index contributed by atoms with van der Waals surface area (Å²) in [5, 5.41) is 13.9. The van der Waals surface area contributed by atoms with Gasteiger partial charge < -0.3 is 10.4 Å². The normalized spacial score (nSPS) is 19.7. The van der Waals surface area contributed by atoms with Crippen molar-refractivity contribution in [1.82, 2.24) is 14.9 Å². The number of fused-ring (bicyclic) bond motifs is 1. The molecular weight excluding hydrogens is 422 g/mol. The molecule has 0 spiro atoms. The van der Waals surface area contributed by atoms with Crippen molar-refractivity contribution in [2.45, 2.75) is 51.8 Å². The maximum absolute atomic E-state index is 12.5. The highest BCUT2D eigenvalue weighted by molar-refractivity contribution is 9.10. The van der Waals surface area contributed by atoms with Crippen LogP contribution in [0.4, 0.5) is 0 Å². The minimum absolute atomic E-state index is 0.0691. The second kappa shape index (κ2) is 9.60. The number of carbonyl (C=O) groups is 1. The molecule has 2 aromatic rings. The van der Waals surface area contributed by atoms with Crippen LogP contribution in [0.2, 0.25) is 5.02 Å². The van der Waals surface area contributed by atoms with Gasteiger partial charge in [-0.1, -0.05) is 25.4 Å². The van der Waals surface area contributed by atoms with Crippen LogP contribution in [-0.2, 0) is 11.3 Å². The molecule has 1 saturated heterocycles. The van der Waals surface area contributed by atoms with Crippen molar-refractivity contribution in [3.8, 4) is 0 Å². The van der Waals surface area contributed by atoms with Crippen LogP contribution in [0.25, 0.3) is 10.9 Å². The standard InChI is InChI=1S/C16H17BrClN3O3.C2H6/c17-11-6-13-10(5-12(11)18)16(24)21(8-20-13)7-9(22)4-14-15(23)2-1-3-19-14;1-2/h5-6,8,14-15,19,23H,1-4,7H2;1-2H3. The molecule has 2 heterocycles. The SMILES string of the molecule is CC.O=C(CC1NCCCC1O)Cn1cnc2cc(Br)c(Cl)cc2c1=O. The Balaban J connectivity index is 0.00000117. The lowest BCUT2D eigenvalue weighted by molar-refractivity contribution is -0.121. The largest absolute Gasteiger partial charge is 0.391 e. The number of benzene rings is 1. The van der Waals surface area contributed by atoms with E-state index in [1.807, 2.05) is 13.8 Å². The lowest BCUT2D eigenvalue weighted by Gasteiger charge is -2.28. The minimum atomic E-state index is -0.523. The number of halogens is 2. The third kappa shape index (κ3) is 4.91. The van der Waals surface area contributed by atoms with Gasteiger partial charge in [0.05, 0.1) is 34.9 Å². The van der Waals surface area contributed by atoms with E-state index in [1.54, 1.807) is 12.1 Å². The Morgan fingerprint density at radius 2 is 2.19 bits per heavy atom. The molecule has 1 fully saturated rings. The topological polar surface area (TPSA) is 84.2 Å². The van der Waals surface area contributed by atoms with Gasteiger partial charge in [-0.3, -0.25) is 14.2 Å². The maximum Gasteiger partial charge on any atom is 0.261 e. The predicted octanol–water partition coefficient (Wildman–Crippen LogP) is 2.91. The van der Waals surface area contributed by atoms with Crippen LogP contribution >= 0.6 is 27.5 Å². The van der Waals surface area contributed by atoms with Gasteiger partial charge in [0.25, 0.3) is 5.56 Å². The summed E-state index contributed by atoms with van der Waals surface area (Å²) >= 11 is 9.33. The van der Waals surface area contributed by atoms with Crippen LogP contribution in [0.1, 0.15) is 33.1 Å². The van der Waals surface area contributed by atoms with E-state index in [2.05, 4.69) is 26.2 Å². The summed E-state index contributed by atoms with van der Waals surface area (Å²) in [7, 11) is 0. The van der Waals surface area contributed by atoms with E-state index in [0.29, 0.717) is 26.8 Å². The maximum atomic E-state index is 12.5. The van der Waals surface area contributed by atoms with Gasteiger partial charge in [-0.15, -0.1) is 0 Å². The van der Waals surface area contributed by atoms with Crippen LogP contribution in [0.3, 0.4) is 0 Å². The number of aliphatic hydroxyl groups excluding tert-OH is 1. The summed E-state index contributed by atoms with van der Waals surface area (Å²) in [6.45, 7) is 4.72. The van der Waals surface area contributed by atoms with Crippen LogP contribution < -0.4 is 10.9 Å². The molecule has 6 nitrogen and oxygen atoms in total. The number of hydrogen-bond acceptors (Lipinski definition) is 5.